The van der Waals surface area contributed by atoms with Crippen molar-refractivity contribution in [3.05, 3.63) is 38.1 Å². The standard InChI is InChI=1S/C20H21Cl2N3O2S2/c1-11-4-3-7-25(8-11)9-12-10-28-20(23-12)24-19(26)18-15(21)13-5-6-14(27-2)16(22)17(13)29-18/h5-6,10-11H,3-4,7-9H2,1-2H3,(H,23,24,26). The Balaban J connectivity index is 1.49. The lowest BCUT2D eigenvalue weighted by atomic mass is 10.0. The van der Waals surface area contributed by atoms with Crippen LogP contribution in [-0.2, 0) is 6.54 Å². The monoisotopic (exact) mass is 469 g/mol. The van der Waals surface area contributed by atoms with Crippen LogP contribution in [0.5, 0.6) is 5.75 Å². The molecule has 0 saturated carbocycles. The quantitative estimate of drug-likeness (QED) is 0.486. The molecular formula is C20H21Cl2N3O2S2. The number of likely N-dealkylation sites (tertiary alicyclic amines) is 1. The van der Waals surface area contributed by atoms with Crippen molar-refractivity contribution in [2.24, 2.45) is 5.92 Å². The highest BCUT2D eigenvalue weighted by Gasteiger charge is 2.22. The second-order valence-corrected chi connectivity index (χ2v) is 9.92. The van der Waals surface area contributed by atoms with Crippen LogP contribution in [-0.4, -0.2) is 36.0 Å². The fraction of sp³-hybridized carbons (Fsp3) is 0.400. The number of piperidine rings is 1. The smallest absolute Gasteiger partial charge is 0.269 e. The van der Waals surface area contributed by atoms with Gasteiger partial charge in [0, 0.05) is 23.9 Å². The van der Waals surface area contributed by atoms with E-state index in [1.54, 1.807) is 13.2 Å². The number of carbonyl (C=O) groups is 1. The highest BCUT2D eigenvalue weighted by Crippen LogP contribution is 2.43. The van der Waals surface area contributed by atoms with E-state index < -0.39 is 0 Å². The number of halogens is 2. The number of hydrogen-bond donors (Lipinski definition) is 1. The average molecular weight is 470 g/mol. The zero-order valence-electron chi connectivity index (χ0n) is 16.1. The Hall–Kier alpha value is -1.38. The summed E-state index contributed by atoms with van der Waals surface area (Å²) in [6.07, 6.45) is 2.52. The fourth-order valence-electron chi connectivity index (χ4n) is 3.63. The van der Waals surface area contributed by atoms with Gasteiger partial charge in [-0.15, -0.1) is 22.7 Å². The Morgan fingerprint density at radius 3 is 2.97 bits per heavy atom. The molecule has 4 rings (SSSR count). The van der Waals surface area contributed by atoms with Gasteiger partial charge in [-0.3, -0.25) is 15.0 Å². The predicted octanol–water partition coefficient (Wildman–Crippen LogP) is 6.16. The van der Waals surface area contributed by atoms with E-state index >= 15 is 0 Å². The minimum Gasteiger partial charge on any atom is -0.495 e. The molecule has 1 aliphatic rings. The molecule has 1 amide bonds. The van der Waals surface area contributed by atoms with E-state index in [9.17, 15) is 4.79 Å². The number of anilines is 1. The lowest BCUT2D eigenvalue weighted by Gasteiger charge is -2.30. The van der Waals surface area contributed by atoms with Crippen LogP contribution in [0.15, 0.2) is 17.5 Å². The van der Waals surface area contributed by atoms with Crippen molar-refractivity contribution in [3.63, 3.8) is 0 Å². The average Bonchev–Trinajstić information content (AvgIpc) is 3.27. The van der Waals surface area contributed by atoms with Gasteiger partial charge in [0.05, 0.1) is 22.5 Å². The number of benzene rings is 1. The molecule has 1 aliphatic heterocycles. The van der Waals surface area contributed by atoms with Gasteiger partial charge in [0.25, 0.3) is 5.91 Å². The fourth-order valence-corrected chi connectivity index (χ4v) is 6.12. The first-order valence-corrected chi connectivity index (χ1v) is 11.8. The van der Waals surface area contributed by atoms with E-state index in [4.69, 9.17) is 27.9 Å². The Bertz CT molecular complexity index is 1050. The number of carbonyl (C=O) groups excluding carboxylic acids is 1. The summed E-state index contributed by atoms with van der Waals surface area (Å²) in [4.78, 5) is 20.2. The first-order valence-electron chi connectivity index (χ1n) is 9.39. The summed E-state index contributed by atoms with van der Waals surface area (Å²) < 4.78 is 5.99. The van der Waals surface area contributed by atoms with Crippen LogP contribution in [0.2, 0.25) is 10.0 Å². The Kier molecular flexibility index (Phi) is 6.32. The van der Waals surface area contributed by atoms with Crippen LogP contribution in [0.25, 0.3) is 10.1 Å². The van der Waals surface area contributed by atoms with Crippen LogP contribution in [0.1, 0.15) is 35.1 Å². The molecule has 3 aromatic rings. The molecule has 0 radical (unpaired) electrons. The number of aromatic nitrogens is 1. The highest BCUT2D eigenvalue weighted by molar-refractivity contribution is 7.22. The zero-order valence-corrected chi connectivity index (χ0v) is 19.3. The molecule has 0 bridgehead atoms. The number of fused-ring (bicyclic) bond motifs is 1. The van der Waals surface area contributed by atoms with Crippen molar-refractivity contribution in [1.29, 1.82) is 0 Å². The molecule has 1 aromatic carbocycles. The van der Waals surface area contributed by atoms with Gasteiger partial charge in [0.15, 0.2) is 5.13 Å². The summed E-state index contributed by atoms with van der Waals surface area (Å²) in [5.41, 5.74) is 0.981. The number of thiophene rings is 1. The van der Waals surface area contributed by atoms with Crippen LogP contribution < -0.4 is 10.1 Å². The summed E-state index contributed by atoms with van der Waals surface area (Å²) in [7, 11) is 1.56. The molecular weight excluding hydrogens is 449 g/mol. The molecule has 1 atom stereocenters. The van der Waals surface area contributed by atoms with Crippen LogP contribution in [0.4, 0.5) is 5.13 Å². The molecule has 0 aliphatic carbocycles. The number of rotatable bonds is 5. The molecule has 1 unspecified atom stereocenters. The molecule has 154 valence electrons. The Morgan fingerprint density at radius 1 is 1.38 bits per heavy atom. The SMILES string of the molecule is COc1ccc2c(Cl)c(C(=O)Nc3nc(CN4CCCC(C)C4)cs3)sc2c1Cl. The molecule has 1 saturated heterocycles. The topological polar surface area (TPSA) is 54.5 Å². The third-order valence-corrected chi connectivity index (χ3v) is 8.05. The Labute approximate surface area is 187 Å². The lowest BCUT2D eigenvalue weighted by Crippen LogP contribution is -2.33. The van der Waals surface area contributed by atoms with E-state index in [0.29, 0.717) is 25.8 Å². The third kappa shape index (κ3) is 4.39. The molecule has 9 heteroatoms. The molecule has 29 heavy (non-hydrogen) atoms. The summed E-state index contributed by atoms with van der Waals surface area (Å²) >= 11 is 15.5. The molecule has 3 heterocycles. The molecule has 0 spiro atoms. The normalized spacial score (nSPS) is 17.6. The summed E-state index contributed by atoms with van der Waals surface area (Å²) in [5.74, 6) is 1.00. The molecule has 2 aromatic heterocycles. The van der Waals surface area contributed by atoms with Crippen molar-refractivity contribution in [2.75, 3.05) is 25.5 Å². The summed E-state index contributed by atoms with van der Waals surface area (Å²) in [5, 5.41) is 7.05. The van der Waals surface area contributed by atoms with Crippen molar-refractivity contribution < 1.29 is 9.53 Å². The third-order valence-electron chi connectivity index (χ3n) is 5.03. The van der Waals surface area contributed by atoms with Gasteiger partial charge in [-0.2, -0.15) is 0 Å². The highest BCUT2D eigenvalue weighted by atomic mass is 35.5. The number of hydrogen-bond acceptors (Lipinski definition) is 6. The maximum atomic E-state index is 12.8. The second kappa shape index (κ2) is 8.78. The summed E-state index contributed by atoms with van der Waals surface area (Å²) in [6.45, 7) is 5.30. The largest absolute Gasteiger partial charge is 0.495 e. The molecule has 1 fully saturated rings. The maximum absolute atomic E-state index is 12.8. The number of nitrogens with one attached hydrogen (secondary N) is 1. The molecule has 1 N–H and O–H groups in total. The maximum Gasteiger partial charge on any atom is 0.269 e. The number of thiazole rings is 1. The van der Waals surface area contributed by atoms with Crippen molar-refractivity contribution >= 4 is 67.0 Å². The van der Waals surface area contributed by atoms with Crippen molar-refractivity contribution in [1.82, 2.24) is 9.88 Å². The van der Waals surface area contributed by atoms with E-state index in [2.05, 4.69) is 22.1 Å². The van der Waals surface area contributed by atoms with Crippen molar-refractivity contribution in [2.45, 2.75) is 26.3 Å². The minimum atomic E-state index is -0.279. The Morgan fingerprint density at radius 2 is 2.21 bits per heavy atom. The van der Waals surface area contributed by atoms with Gasteiger partial charge in [0.1, 0.15) is 15.6 Å². The number of ether oxygens (including phenoxy) is 1. The van der Waals surface area contributed by atoms with Gasteiger partial charge in [-0.05, 0) is 37.4 Å². The van der Waals surface area contributed by atoms with E-state index in [1.807, 2.05) is 11.4 Å². The van der Waals surface area contributed by atoms with E-state index in [-0.39, 0.29) is 5.91 Å². The predicted molar refractivity (Wildman–Crippen MR) is 122 cm³/mol. The minimum absolute atomic E-state index is 0.279. The van der Waals surface area contributed by atoms with Gasteiger partial charge >= 0.3 is 0 Å². The first-order chi connectivity index (χ1) is 14.0. The van der Waals surface area contributed by atoms with E-state index in [0.717, 1.165) is 41.3 Å². The number of nitrogens with zero attached hydrogens (tertiary/aromatic N) is 2. The van der Waals surface area contributed by atoms with Gasteiger partial charge < -0.3 is 4.74 Å². The van der Waals surface area contributed by atoms with E-state index in [1.165, 1.54) is 35.5 Å². The second-order valence-electron chi connectivity index (χ2n) is 7.28. The number of methoxy groups -OCH3 is 1. The zero-order chi connectivity index (χ0) is 20.5. The van der Waals surface area contributed by atoms with Gasteiger partial charge in [0.2, 0.25) is 0 Å². The van der Waals surface area contributed by atoms with Crippen LogP contribution in [0.3, 0.4) is 0 Å². The van der Waals surface area contributed by atoms with Crippen LogP contribution >= 0.6 is 45.9 Å². The summed E-state index contributed by atoms with van der Waals surface area (Å²) in [6, 6.07) is 3.57. The van der Waals surface area contributed by atoms with Gasteiger partial charge in [-0.25, -0.2) is 4.98 Å². The lowest BCUT2D eigenvalue weighted by molar-refractivity contribution is 0.103. The number of amides is 1. The van der Waals surface area contributed by atoms with Crippen LogP contribution in [0, 0.1) is 5.92 Å². The van der Waals surface area contributed by atoms with Crippen molar-refractivity contribution in [3.8, 4) is 5.75 Å². The molecule has 5 nitrogen and oxygen atoms in total. The van der Waals surface area contributed by atoms with Gasteiger partial charge in [-0.1, -0.05) is 30.1 Å². The first kappa shape index (κ1) is 20.9.